The summed E-state index contributed by atoms with van der Waals surface area (Å²) in [6, 6.07) is 12.2. The van der Waals surface area contributed by atoms with Crippen LogP contribution in [0.15, 0.2) is 69.7 Å². The molecule has 0 bridgehead atoms. The minimum atomic E-state index is -0.350. The van der Waals surface area contributed by atoms with Crippen LogP contribution in [0.5, 0.6) is 0 Å². The molecule has 0 spiro atoms. The predicted octanol–water partition coefficient (Wildman–Crippen LogP) is 5.45. The number of esters is 1. The molecule has 1 aromatic carbocycles. The van der Waals surface area contributed by atoms with Gasteiger partial charge in [0, 0.05) is 29.3 Å². The Bertz CT molecular complexity index is 989. The van der Waals surface area contributed by atoms with Gasteiger partial charge >= 0.3 is 5.97 Å². The lowest BCUT2D eigenvalue weighted by atomic mass is 9.72. The Balaban J connectivity index is 1.80. The van der Waals surface area contributed by atoms with Gasteiger partial charge in [0.25, 0.3) is 0 Å². The van der Waals surface area contributed by atoms with Gasteiger partial charge in [-0.15, -0.1) is 0 Å². The van der Waals surface area contributed by atoms with Crippen molar-refractivity contribution in [1.29, 1.82) is 0 Å². The van der Waals surface area contributed by atoms with E-state index in [1.807, 2.05) is 41.9 Å². The zero-order chi connectivity index (χ0) is 21.1. The monoisotopic (exact) mass is 421 g/mol. The van der Waals surface area contributed by atoms with E-state index in [4.69, 9.17) is 4.74 Å². The van der Waals surface area contributed by atoms with Crippen LogP contribution >= 0.6 is 11.3 Å². The van der Waals surface area contributed by atoms with Crippen molar-refractivity contribution >= 4 is 23.1 Å². The van der Waals surface area contributed by atoms with Gasteiger partial charge < -0.3 is 10.1 Å². The fraction of sp³-hybridized carbons (Fsp3) is 0.360. The van der Waals surface area contributed by atoms with Crippen molar-refractivity contribution in [2.24, 2.45) is 0 Å². The number of carbonyl (C=O) groups excluding carboxylic acids is 2. The highest BCUT2D eigenvalue weighted by Crippen LogP contribution is 2.46. The lowest BCUT2D eigenvalue weighted by Crippen LogP contribution is -2.36. The molecule has 1 aliphatic heterocycles. The van der Waals surface area contributed by atoms with E-state index < -0.39 is 0 Å². The van der Waals surface area contributed by atoms with E-state index in [0.717, 1.165) is 41.8 Å². The maximum atomic E-state index is 13.4. The van der Waals surface area contributed by atoms with E-state index in [0.29, 0.717) is 18.6 Å². The lowest BCUT2D eigenvalue weighted by Gasteiger charge is -2.37. The molecule has 2 atom stereocenters. The van der Waals surface area contributed by atoms with Gasteiger partial charge in [0.05, 0.1) is 12.2 Å². The Morgan fingerprint density at radius 2 is 1.93 bits per heavy atom. The summed E-state index contributed by atoms with van der Waals surface area (Å²) in [5.74, 6) is -0.405. The molecule has 2 unspecified atom stereocenters. The van der Waals surface area contributed by atoms with Crippen LogP contribution in [-0.2, 0) is 14.3 Å². The van der Waals surface area contributed by atoms with Crippen molar-refractivity contribution in [3.63, 3.8) is 0 Å². The molecule has 1 aromatic heterocycles. The molecule has 0 saturated heterocycles. The highest BCUT2D eigenvalue weighted by Gasteiger charge is 2.42. The van der Waals surface area contributed by atoms with Crippen LogP contribution < -0.4 is 5.32 Å². The number of benzene rings is 1. The third-order valence-electron chi connectivity index (χ3n) is 5.85. The maximum Gasteiger partial charge on any atom is 0.336 e. The lowest BCUT2D eigenvalue weighted by molar-refractivity contribution is -0.138. The topological polar surface area (TPSA) is 55.4 Å². The molecule has 1 aliphatic carbocycles. The Labute approximate surface area is 181 Å². The predicted molar refractivity (Wildman–Crippen MR) is 119 cm³/mol. The smallest absolute Gasteiger partial charge is 0.336 e. The molecule has 156 valence electrons. The highest BCUT2D eigenvalue weighted by atomic mass is 32.1. The third kappa shape index (κ3) is 3.86. The molecule has 1 N–H and O–H groups in total. The van der Waals surface area contributed by atoms with Crippen LogP contribution in [0.1, 0.15) is 62.5 Å². The molecule has 4 rings (SSSR count). The SMILES string of the molecule is CCCC1=C(C(=O)OCC)C(c2ccsc2)C2=C(CC(c3ccccc3)CC2=O)N1. The average molecular weight is 422 g/mol. The molecule has 0 radical (unpaired) electrons. The van der Waals surface area contributed by atoms with Crippen molar-refractivity contribution in [3.8, 4) is 0 Å². The van der Waals surface area contributed by atoms with Crippen molar-refractivity contribution in [3.05, 3.63) is 80.8 Å². The minimum Gasteiger partial charge on any atom is -0.463 e. The quantitative estimate of drug-likeness (QED) is 0.630. The number of nitrogens with one attached hydrogen (secondary N) is 1. The first-order chi connectivity index (χ1) is 14.6. The Kier molecular flexibility index (Phi) is 6.18. The standard InChI is InChI=1S/C25H27NO3S/c1-3-8-19-24(25(28)29-4-2)22(17-11-12-30-15-17)23-20(26-19)13-18(14-21(23)27)16-9-6-5-7-10-16/h5-7,9-12,15,18,22,26H,3-4,8,13-14H2,1-2H3. The number of dihydropyridines is 1. The normalized spacial score (nSPS) is 21.3. The van der Waals surface area contributed by atoms with E-state index in [1.165, 1.54) is 5.56 Å². The Hall–Kier alpha value is -2.66. The summed E-state index contributed by atoms with van der Waals surface area (Å²) in [6.07, 6.45) is 2.88. The summed E-state index contributed by atoms with van der Waals surface area (Å²) >= 11 is 1.58. The van der Waals surface area contributed by atoms with Crippen LogP contribution in [0, 0.1) is 0 Å². The van der Waals surface area contributed by atoms with Gasteiger partial charge in [-0.25, -0.2) is 4.79 Å². The van der Waals surface area contributed by atoms with E-state index in [-0.39, 0.29) is 23.6 Å². The molecule has 0 amide bonds. The molecule has 2 heterocycles. The largest absolute Gasteiger partial charge is 0.463 e. The van der Waals surface area contributed by atoms with Gasteiger partial charge in [-0.1, -0.05) is 43.7 Å². The summed E-state index contributed by atoms with van der Waals surface area (Å²) < 4.78 is 5.42. The zero-order valence-electron chi connectivity index (χ0n) is 17.4. The number of allylic oxidation sites excluding steroid dienone is 3. The summed E-state index contributed by atoms with van der Waals surface area (Å²) in [5.41, 5.74) is 5.38. The van der Waals surface area contributed by atoms with Gasteiger partial charge in [-0.05, 0) is 53.6 Å². The first-order valence-corrected chi connectivity index (χ1v) is 11.6. The van der Waals surface area contributed by atoms with Crippen molar-refractivity contribution in [2.75, 3.05) is 6.61 Å². The Morgan fingerprint density at radius 1 is 1.13 bits per heavy atom. The number of thiophene rings is 1. The van der Waals surface area contributed by atoms with Gasteiger partial charge in [0.15, 0.2) is 5.78 Å². The van der Waals surface area contributed by atoms with Crippen molar-refractivity contribution in [2.45, 2.75) is 51.4 Å². The number of hydrogen-bond acceptors (Lipinski definition) is 5. The summed E-state index contributed by atoms with van der Waals surface area (Å²) in [7, 11) is 0. The molecule has 0 fully saturated rings. The van der Waals surface area contributed by atoms with Crippen molar-refractivity contribution in [1.82, 2.24) is 5.32 Å². The van der Waals surface area contributed by atoms with Gasteiger partial charge in [0.1, 0.15) is 0 Å². The van der Waals surface area contributed by atoms with Crippen LogP contribution in [0.2, 0.25) is 0 Å². The van der Waals surface area contributed by atoms with Gasteiger partial charge in [-0.3, -0.25) is 4.79 Å². The van der Waals surface area contributed by atoms with E-state index in [2.05, 4.69) is 24.4 Å². The van der Waals surface area contributed by atoms with E-state index in [1.54, 1.807) is 11.3 Å². The Morgan fingerprint density at radius 3 is 2.60 bits per heavy atom. The molecule has 0 saturated carbocycles. The fourth-order valence-electron chi connectivity index (χ4n) is 4.58. The van der Waals surface area contributed by atoms with Gasteiger partial charge in [-0.2, -0.15) is 11.3 Å². The molecule has 2 aliphatic rings. The molecular weight excluding hydrogens is 394 g/mol. The summed E-state index contributed by atoms with van der Waals surface area (Å²) in [5, 5.41) is 7.55. The maximum absolute atomic E-state index is 13.4. The number of carbonyl (C=O) groups is 2. The number of Topliss-reactive ketones (excluding diaryl/α,β-unsaturated/α-hetero) is 1. The van der Waals surface area contributed by atoms with Crippen LogP contribution in [-0.4, -0.2) is 18.4 Å². The first-order valence-electron chi connectivity index (χ1n) is 10.6. The van der Waals surface area contributed by atoms with Crippen molar-refractivity contribution < 1.29 is 14.3 Å². The van der Waals surface area contributed by atoms with Crippen LogP contribution in [0.3, 0.4) is 0 Å². The molecular formula is C25H27NO3S. The van der Waals surface area contributed by atoms with E-state index in [9.17, 15) is 9.59 Å². The molecule has 30 heavy (non-hydrogen) atoms. The highest BCUT2D eigenvalue weighted by molar-refractivity contribution is 7.08. The molecule has 4 nitrogen and oxygen atoms in total. The zero-order valence-corrected chi connectivity index (χ0v) is 18.3. The first kappa shape index (κ1) is 20.6. The fourth-order valence-corrected chi connectivity index (χ4v) is 5.27. The second kappa shape index (κ2) is 9.00. The number of ether oxygens (including phenoxy) is 1. The number of rotatable bonds is 6. The summed E-state index contributed by atoms with van der Waals surface area (Å²) in [6.45, 7) is 4.22. The summed E-state index contributed by atoms with van der Waals surface area (Å²) in [4.78, 5) is 26.4. The molecule has 2 aromatic rings. The number of ketones is 1. The van der Waals surface area contributed by atoms with Crippen LogP contribution in [0.4, 0.5) is 0 Å². The average Bonchev–Trinajstić information content (AvgIpc) is 3.28. The third-order valence-corrected chi connectivity index (χ3v) is 6.56. The molecule has 5 heteroatoms. The van der Waals surface area contributed by atoms with E-state index >= 15 is 0 Å². The number of hydrogen-bond donors (Lipinski definition) is 1. The van der Waals surface area contributed by atoms with Crippen LogP contribution in [0.25, 0.3) is 0 Å². The minimum absolute atomic E-state index is 0.117. The van der Waals surface area contributed by atoms with Gasteiger partial charge in [0.2, 0.25) is 0 Å². The second-order valence-electron chi connectivity index (χ2n) is 7.81. The second-order valence-corrected chi connectivity index (χ2v) is 8.59.